The van der Waals surface area contributed by atoms with Gasteiger partial charge < -0.3 is 5.73 Å². The minimum Gasteiger partial charge on any atom is -0.399 e. The Morgan fingerprint density at radius 1 is 1.21 bits per heavy atom. The molecule has 0 saturated carbocycles. The summed E-state index contributed by atoms with van der Waals surface area (Å²) in [4.78, 5) is 2.23. The van der Waals surface area contributed by atoms with Gasteiger partial charge in [0.2, 0.25) is 0 Å². The Kier molecular flexibility index (Phi) is 5.42. The van der Waals surface area contributed by atoms with Crippen LogP contribution in [0.4, 0.5) is 0 Å². The predicted molar refractivity (Wildman–Crippen MR) is 108 cm³/mol. The number of halogens is 2. The van der Waals surface area contributed by atoms with Crippen molar-refractivity contribution in [3.63, 3.8) is 0 Å². The molecule has 1 aromatic rings. The third kappa shape index (κ3) is 2.86. The molecule has 2 atom stereocenters. The van der Waals surface area contributed by atoms with Gasteiger partial charge >= 0.3 is 0 Å². The number of nitrogens with zero attached hydrogens (tertiary/aromatic N) is 4. The molecule has 3 rings (SSSR count). The van der Waals surface area contributed by atoms with E-state index in [-0.39, 0.29) is 23.2 Å². The van der Waals surface area contributed by atoms with Gasteiger partial charge in [-0.15, -0.1) is 0 Å². The minimum atomic E-state index is -1.71. The standard InChI is InChI=1S/C21H19Cl2N5/c1-12(2)28-7-6-13-15(8-24)20(27)21(10-25,11-26)18(16(13)9-28)14-4-3-5-17(22)19(14)23/h3-6,12,16,18H,7,9,27H2,1-2H3. The molecule has 0 bridgehead atoms. The number of nitrogens with two attached hydrogens (primary N) is 1. The molecule has 2 aliphatic rings. The maximum Gasteiger partial charge on any atom is 0.191 e. The zero-order valence-electron chi connectivity index (χ0n) is 15.6. The smallest absolute Gasteiger partial charge is 0.191 e. The fourth-order valence-electron chi connectivity index (χ4n) is 4.23. The Hall–Kier alpha value is -2.49. The third-order valence-electron chi connectivity index (χ3n) is 5.74. The molecular weight excluding hydrogens is 393 g/mol. The molecule has 0 spiro atoms. The third-order valence-corrected chi connectivity index (χ3v) is 6.57. The molecule has 5 nitrogen and oxygen atoms in total. The van der Waals surface area contributed by atoms with Crippen LogP contribution in [0.15, 0.2) is 41.1 Å². The molecule has 2 unspecified atom stereocenters. The van der Waals surface area contributed by atoms with E-state index in [1.807, 2.05) is 6.08 Å². The second kappa shape index (κ2) is 7.50. The molecule has 2 N–H and O–H groups in total. The highest BCUT2D eigenvalue weighted by Crippen LogP contribution is 2.55. The first kappa shape index (κ1) is 20.2. The average Bonchev–Trinajstić information content (AvgIpc) is 2.69. The Balaban J connectivity index is 2.35. The highest BCUT2D eigenvalue weighted by Gasteiger charge is 2.55. The number of hydrogen-bond acceptors (Lipinski definition) is 5. The van der Waals surface area contributed by atoms with Crippen molar-refractivity contribution in [1.29, 1.82) is 15.8 Å². The number of hydrogen-bond donors (Lipinski definition) is 1. The van der Waals surface area contributed by atoms with Gasteiger partial charge in [0.25, 0.3) is 0 Å². The lowest BCUT2D eigenvalue weighted by Gasteiger charge is -2.46. The van der Waals surface area contributed by atoms with E-state index in [4.69, 9.17) is 28.9 Å². The summed E-state index contributed by atoms with van der Waals surface area (Å²) in [6.45, 7) is 5.42. The van der Waals surface area contributed by atoms with Crippen LogP contribution in [-0.4, -0.2) is 24.0 Å². The van der Waals surface area contributed by atoms with Crippen LogP contribution in [0.3, 0.4) is 0 Å². The van der Waals surface area contributed by atoms with E-state index in [0.717, 1.165) is 5.57 Å². The summed E-state index contributed by atoms with van der Waals surface area (Å²) in [5, 5.41) is 30.6. The minimum absolute atomic E-state index is 0.0125. The van der Waals surface area contributed by atoms with E-state index in [1.165, 1.54) is 0 Å². The summed E-state index contributed by atoms with van der Waals surface area (Å²) < 4.78 is 0. The molecular formula is C21H19Cl2N5. The van der Waals surface area contributed by atoms with Gasteiger partial charge in [0.15, 0.2) is 5.41 Å². The van der Waals surface area contributed by atoms with Crippen molar-refractivity contribution >= 4 is 23.2 Å². The lowest BCUT2D eigenvalue weighted by molar-refractivity contribution is 0.174. The van der Waals surface area contributed by atoms with Crippen molar-refractivity contribution in [3.05, 3.63) is 56.7 Å². The summed E-state index contributed by atoms with van der Waals surface area (Å²) in [6, 6.07) is 11.8. The highest BCUT2D eigenvalue weighted by molar-refractivity contribution is 6.42. The van der Waals surface area contributed by atoms with Crippen LogP contribution in [0.5, 0.6) is 0 Å². The van der Waals surface area contributed by atoms with Gasteiger partial charge in [0.1, 0.15) is 6.07 Å². The molecule has 28 heavy (non-hydrogen) atoms. The zero-order valence-corrected chi connectivity index (χ0v) is 17.1. The summed E-state index contributed by atoms with van der Waals surface area (Å²) in [5.41, 5.74) is 6.17. The fraction of sp³-hybridized carbons (Fsp3) is 0.381. The second-order valence-corrected chi connectivity index (χ2v) is 8.15. The molecule has 1 heterocycles. The molecule has 142 valence electrons. The average molecular weight is 412 g/mol. The van der Waals surface area contributed by atoms with E-state index in [1.54, 1.807) is 18.2 Å². The summed E-state index contributed by atoms with van der Waals surface area (Å²) >= 11 is 12.8. The normalized spacial score (nSPS) is 24.0. The number of nitriles is 3. The molecule has 0 aromatic heterocycles. The van der Waals surface area contributed by atoms with Crippen LogP contribution in [0.1, 0.15) is 25.3 Å². The fourth-order valence-corrected chi connectivity index (χ4v) is 4.65. The van der Waals surface area contributed by atoms with E-state index in [9.17, 15) is 15.8 Å². The van der Waals surface area contributed by atoms with Crippen LogP contribution in [0.2, 0.25) is 10.0 Å². The van der Waals surface area contributed by atoms with Gasteiger partial charge in [0.05, 0.1) is 33.5 Å². The van der Waals surface area contributed by atoms with E-state index < -0.39 is 11.3 Å². The Labute approximate surface area is 174 Å². The summed E-state index contributed by atoms with van der Waals surface area (Å²) in [6.07, 6.45) is 1.98. The topological polar surface area (TPSA) is 101 Å². The Morgan fingerprint density at radius 3 is 2.46 bits per heavy atom. The van der Waals surface area contributed by atoms with E-state index >= 15 is 0 Å². The van der Waals surface area contributed by atoms with Gasteiger partial charge in [-0.05, 0) is 31.1 Å². The molecule has 7 heteroatoms. The SMILES string of the molecule is CC(C)N1CC=C2C(C#N)=C(N)C(C#N)(C#N)C(c3cccc(Cl)c3Cl)C2C1. The van der Waals surface area contributed by atoms with Crippen molar-refractivity contribution in [3.8, 4) is 18.2 Å². The molecule has 1 aliphatic heterocycles. The Morgan fingerprint density at radius 2 is 1.89 bits per heavy atom. The van der Waals surface area contributed by atoms with E-state index in [0.29, 0.717) is 28.7 Å². The lowest BCUT2D eigenvalue weighted by Crippen LogP contribution is -2.49. The van der Waals surface area contributed by atoms with Crippen LogP contribution in [-0.2, 0) is 0 Å². The van der Waals surface area contributed by atoms with Crippen molar-refractivity contribution in [2.75, 3.05) is 13.1 Å². The molecule has 0 radical (unpaired) electrons. The molecule has 0 amide bonds. The van der Waals surface area contributed by atoms with Gasteiger partial charge in [0, 0.05) is 31.0 Å². The first-order valence-corrected chi connectivity index (χ1v) is 9.69. The monoisotopic (exact) mass is 411 g/mol. The van der Waals surface area contributed by atoms with E-state index in [2.05, 4.69) is 37.0 Å². The van der Waals surface area contributed by atoms with Gasteiger partial charge in [-0.1, -0.05) is 41.4 Å². The first-order valence-electron chi connectivity index (χ1n) is 8.93. The lowest BCUT2D eigenvalue weighted by atomic mass is 9.58. The van der Waals surface area contributed by atoms with Crippen molar-refractivity contribution in [1.82, 2.24) is 4.90 Å². The Bertz CT molecular complexity index is 989. The summed E-state index contributed by atoms with van der Waals surface area (Å²) in [7, 11) is 0. The van der Waals surface area contributed by atoms with Gasteiger partial charge in [-0.25, -0.2) is 0 Å². The maximum atomic E-state index is 10.1. The number of fused-ring (bicyclic) bond motifs is 1. The van der Waals surface area contributed by atoms with Crippen molar-refractivity contribution < 1.29 is 0 Å². The number of benzene rings is 1. The van der Waals surface area contributed by atoms with Crippen molar-refractivity contribution in [2.45, 2.75) is 25.8 Å². The van der Waals surface area contributed by atoms with Crippen molar-refractivity contribution in [2.24, 2.45) is 17.1 Å². The maximum absolute atomic E-state index is 10.1. The molecule has 1 aliphatic carbocycles. The van der Waals surface area contributed by atoms with Crippen LogP contribution < -0.4 is 5.73 Å². The van der Waals surface area contributed by atoms with Crippen LogP contribution in [0, 0.1) is 45.3 Å². The predicted octanol–water partition coefficient (Wildman–Crippen LogP) is 4.13. The highest BCUT2D eigenvalue weighted by atomic mass is 35.5. The zero-order chi connectivity index (χ0) is 20.6. The van der Waals surface area contributed by atoms with Crippen LogP contribution >= 0.6 is 23.2 Å². The van der Waals surface area contributed by atoms with Gasteiger partial charge in [-0.2, -0.15) is 15.8 Å². The molecule has 1 aromatic carbocycles. The van der Waals surface area contributed by atoms with Crippen LogP contribution in [0.25, 0.3) is 0 Å². The number of rotatable bonds is 2. The van der Waals surface area contributed by atoms with Gasteiger partial charge in [-0.3, -0.25) is 4.90 Å². The second-order valence-electron chi connectivity index (χ2n) is 7.37. The number of allylic oxidation sites excluding steroid dienone is 2. The first-order chi connectivity index (χ1) is 13.3. The quantitative estimate of drug-likeness (QED) is 0.787. The molecule has 0 fully saturated rings. The molecule has 0 saturated heterocycles. The summed E-state index contributed by atoms with van der Waals surface area (Å²) in [5.74, 6) is -0.924. The largest absolute Gasteiger partial charge is 0.399 e.